The molecule has 3 rings (SSSR count). The number of hydrogen-bond acceptors (Lipinski definition) is 3. The molecule has 0 unspecified atom stereocenters. The first-order chi connectivity index (χ1) is 10.4. The lowest BCUT2D eigenvalue weighted by Crippen LogP contribution is -2.29. The molecule has 1 fully saturated rings. The first-order valence-electron chi connectivity index (χ1n) is 8.36. The fourth-order valence-electron chi connectivity index (χ4n) is 3.22. The van der Waals surface area contributed by atoms with Crippen molar-refractivity contribution < 1.29 is 0 Å². The highest BCUT2D eigenvalue weighted by molar-refractivity contribution is 5.46. The zero-order chi connectivity index (χ0) is 15.7. The van der Waals surface area contributed by atoms with E-state index in [0.717, 1.165) is 38.4 Å². The van der Waals surface area contributed by atoms with Crippen molar-refractivity contribution in [1.82, 2.24) is 19.6 Å². The van der Waals surface area contributed by atoms with Crippen LogP contribution in [0.4, 0.5) is 0 Å². The third-order valence-corrected chi connectivity index (χ3v) is 4.38. The zero-order valence-electron chi connectivity index (χ0n) is 14.3. The summed E-state index contributed by atoms with van der Waals surface area (Å²) in [5.74, 6) is 0. The van der Waals surface area contributed by atoms with E-state index in [9.17, 15) is 0 Å². The summed E-state index contributed by atoms with van der Waals surface area (Å²) in [4.78, 5) is 7.49. The molecule has 120 valence electrons. The van der Waals surface area contributed by atoms with Gasteiger partial charge in [-0.2, -0.15) is 0 Å². The van der Waals surface area contributed by atoms with Gasteiger partial charge < -0.3 is 9.72 Å². The molecular weight excluding hydrogens is 272 g/mol. The Bertz CT molecular complexity index is 643. The number of fused-ring (bicyclic) bond motifs is 1. The summed E-state index contributed by atoms with van der Waals surface area (Å²) in [5.41, 5.74) is 5.00. The Morgan fingerprint density at radius 1 is 1.18 bits per heavy atom. The van der Waals surface area contributed by atoms with E-state index >= 15 is 0 Å². The van der Waals surface area contributed by atoms with Gasteiger partial charge in [0.05, 0.1) is 11.4 Å². The molecule has 0 bridgehead atoms. The van der Waals surface area contributed by atoms with Crippen molar-refractivity contribution >= 4 is 5.65 Å². The van der Waals surface area contributed by atoms with E-state index in [1.165, 1.54) is 23.4 Å². The minimum absolute atomic E-state index is 0.0688. The molecule has 0 aliphatic carbocycles. The van der Waals surface area contributed by atoms with Gasteiger partial charge in [0, 0.05) is 31.2 Å². The van der Waals surface area contributed by atoms with Crippen LogP contribution in [-0.2, 0) is 12.0 Å². The Kier molecular flexibility index (Phi) is 4.24. The van der Waals surface area contributed by atoms with Crippen molar-refractivity contribution in [3.05, 3.63) is 35.3 Å². The first-order valence-corrected chi connectivity index (χ1v) is 8.36. The largest absolute Gasteiger partial charge is 0.315 e. The van der Waals surface area contributed by atoms with E-state index < -0.39 is 0 Å². The normalized spacial score (nSPS) is 17.8. The van der Waals surface area contributed by atoms with E-state index in [1.807, 2.05) is 0 Å². The summed E-state index contributed by atoms with van der Waals surface area (Å²) in [6.07, 6.45) is 3.45. The Balaban J connectivity index is 2.02. The lowest BCUT2D eigenvalue weighted by atomic mass is 9.90. The van der Waals surface area contributed by atoms with Crippen molar-refractivity contribution in [3.63, 3.8) is 0 Å². The van der Waals surface area contributed by atoms with Gasteiger partial charge in [0.25, 0.3) is 0 Å². The van der Waals surface area contributed by atoms with E-state index in [2.05, 4.69) is 60.6 Å². The molecule has 0 aromatic carbocycles. The highest BCUT2D eigenvalue weighted by Crippen LogP contribution is 2.27. The predicted molar refractivity (Wildman–Crippen MR) is 91.4 cm³/mol. The second kappa shape index (κ2) is 6.01. The van der Waals surface area contributed by atoms with Crippen LogP contribution in [-0.4, -0.2) is 40.5 Å². The van der Waals surface area contributed by atoms with E-state index in [4.69, 9.17) is 4.98 Å². The molecule has 4 nitrogen and oxygen atoms in total. The van der Waals surface area contributed by atoms with Crippen LogP contribution in [0.3, 0.4) is 0 Å². The maximum absolute atomic E-state index is 4.93. The number of nitrogens with zero attached hydrogens (tertiary/aromatic N) is 3. The molecule has 0 atom stereocenters. The van der Waals surface area contributed by atoms with Crippen molar-refractivity contribution in [1.29, 1.82) is 0 Å². The second-order valence-electron chi connectivity index (χ2n) is 7.47. The molecule has 1 saturated heterocycles. The van der Waals surface area contributed by atoms with Gasteiger partial charge in [-0.15, -0.1) is 0 Å². The highest BCUT2D eigenvalue weighted by Gasteiger charge is 2.25. The average Bonchev–Trinajstić information content (AvgIpc) is 2.63. The molecule has 1 aliphatic heterocycles. The Hall–Kier alpha value is -1.39. The van der Waals surface area contributed by atoms with Crippen LogP contribution in [0.25, 0.3) is 5.65 Å². The Morgan fingerprint density at radius 2 is 2.00 bits per heavy atom. The van der Waals surface area contributed by atoms with Crippen LogP contribution in [0.5, 0.6) is 0 Å². The molecule has 0 radical (unpaired) electrons. The summed E-state index contributed by atoms with van der Waals surface area (Å²) < 4.78 is 2.30. The van der Waals surface area contributed by atoms with Crippen molar-refractivity contribution in [3.8, 4) is 0 Å². The van der Waals surface area contributed by atoms with Crippen molar-refractivity contribution in [2.24, 2.45) is 0 Å². The van der Waals surface area contributed by atoms with Crippen LogP contribution in [0.2, 0.25) is 0 Å². The predicted octanol–water partition coefficient (Wildman–Crippen LogP) is 2.74. The van der Waals surface area contributed by atoms with Gasteiger partial charge >= 0.3 is 0 Å². The van der Waals surface area contributed by atoms with Gasteiger partial charge in [0.1, 0.15) is 5.65 Å². The summed E-state index contributed by atoms with van der Waals surface area (Å²) in [6.45, 7) is 14.4. The zero-order valence-corrected chi connectivity index (χ0v) is 14.3. The van der Waals surface area contributed by atoms with Crippen molar-refractivity contribution in [2.45, 2.75) is 46.1 Å². The lowest BCUT2D eigenvalue weighted by Gasteiger charge is -2.23. The molecule has 2 aromatic heterocycles. The number of rotatable bonds is 2. The topological polar surface area (TPSA) is 32.6 Å². The van der Waals surface area contributed by atoms with E-state index in [1.54, 1.807) is 0 Å². The molecule has 0 saturated carbocycles. The number of aryl methyl sites for hydroxylation is 1. The smallest absolute Gasteiger partial charge is 0.137 e. The average molecular weight is 300 g/mol. The molecule has 0 spiro atoms. The number of hydrogen-bond donors (Lipinski definition) is 1. The fourth-order valence-corrected chi connectivity index (χ4v) is 3.22. The summed E-state index contributed by atoms with van der Waals surface area (Å²) >= 11 is 0. The number of pyridine rings is 1. The quantitative estimate of drug-likeness (QED) is 0.925. The Labute approximate surface area is 133 Å². The number of imidazole rings is 1. The van der Waals surface area contributed by atoms with Gasteiger partial charge in [-0.3, -0.25) is 4.90 Å². The SMILES string of the molecule is Cc1ccc2nc(C(C)(C)C)c(CN3CCCNCC3)n2c1. The minimum Gasteiger partial charge on any atom is -0.315 e. The molecule has 1 N–H and O–H groups in total. The number of aromatic nitrogens is 2. The van der Waals surface area contributed by atoms with Crippen LogP contribution in [0.1, 0.15) is 44.1 Å². The molecular formula is C18H28N4. The van der Waals surface area contributed by atoms with Crippen LogP contribution in [0, 0.1) is 6.92 Å². The van der Waals surface area contributed by atoms with Crippen LogP contribution < -0.4 is 5.32 Å². The lowest BCUT2D eigenvalue weighted by molar-refractivity contribution is 0.277. The first kappa shape index (κ1) is 15.5. The summed E-state index contributed by atoms with van der Waals surface area (Å²) in [5, 5.41) is 3.48. The molecule has 4 heteroatoms. The summed E-state index contributed by atoms with van der Waals surface area (Å²) in [6, 6.07) is 4.28. The van der Waals surface area contributed by atoms with Crippen LogP contribution >= 0.6 is 0 Å². The van der Waals surface area contributed by atoms with E-state index in [-0.39, 0.29) is 5.41 Å². The fraction of sp³-hybridized carbons (Fsp3) is 0.611. The molecule has 0 amide bonds. The Morgan fingerprint density at radius 3 is 2.77 bits per heavy atom. The maximum Gasteiger partial charge on any atom is 0.137 e. The second-order valence-corrected chi connectivity index (χ2v) is 7.47. The molecule has 1 aliphatic rings. The van der Waals surface area contributed by atoms with Crippen molar-refractivity contribution in [2.75, 3.05) is 26.2 Å². The standard InChI is InChI=1S/C18H28N4/c1-14-6-7-16-20-17(18(2,3)4)15(22(16)12-14)13-21-10-5-8-19-9-11-21/h6-7,12,19H,5,8-11,13H2,1-4H3. The number of nitrogens with one attached hydrogen (secondary N) is 1. The van der Waals surface area contributed by atoms with Gasteiger partial charge in [0.15, 0.2) is 0 Å². The highest BCUT2D eigenvalue weighted by atomic mass is 15.2. The maximum atomic E-state index is 4.93. The summed E-state index contributed by atoms with van der Waals surface area (Å²) in [7, 11) is 0. The molecule has 2 aromatic rings. The van der Waals surface area contributed by atoms with Gasteiger partial charge in [-0.05, 0) is 38.1 Å². The van der Waals surface area contributed by atoms with Gasteiger partial charge in [-0.1, -0.05) is 26.8 Å². The van der Waals surface area contributed by atoms with E-state index in [0.29, 0.717) is 0 Å². The van der Waals surface area contributed by atoms with Gasteiger partial charge in [-0.25, -0.2) is 4.98 Å². The third-order valence-electron chi connectivity index (χ3n) is 4.38. The minimum atomic E-state index is 0.0688. The van der Waals surface area contributed by atoms with Gasteiger partial charge in [0.2, 0.25) is 0 Å². The third kappa shape index (κ3) is 3.18. The van der Waals surface area contributed by atoms with Crippen LogP contribution in [0.15, 0.2) is 18.3 Å². The monoisotopic (exact) mass is 300 g/mol. The molecule has 22 heavy (non-hydrogen) atoms. The molecule has 3 heterocycles.